The van der Waals surface area contributed by atoms with Gasteiger partial charge < -0.3 is 0 Å². The van der Waals surface area contributed by atoms with Crippen molar-refractivity contribution in [3.05, 3.63) is 21.3 Å². The lowest BCUT2D eigenvalue weighted by molar-refractivity contribution is -0.380. The Labute approximate surface area is 83.7 Å². The van der Waals surface area contributed by atoms with Crippen LogP contribution < -0.4 is 0 Å². The summed E-state index contributed by atoms with van der Waals surface area (Å²) in [5.41, 5.74) is 0. The molecule has 0 spiro atoms. The maximum Gasteiger partial charge on any atom is 0.344 e. The topological polar surface area (TPSA) is 56.0 Å². The number of aromatic nitrogens is 1. The van der Waals surface area contributed by atoms with Gasteiger partial charge in [-0.2, -0.15) is 0 Å². The molecule has 0 aliphatic rings. The predicted molar refractivity (Wildman–Crippen MR) is 51.0 cm³/mol. The minimum atomic E-state index is -0.482. The molecule has 0 saturated carbocycles. The molecule has 1 aromatic heterocycles. The Bertz CT molecular complexity index is 366. The zero-order valence-corrected chi connectivity index (χ0v) is 8.06. The molecule has 0 unspecified atom stereocenters. The van der Waals surface area contributed by atoms with Gasteiger partial charge in [0.1, 0.15) is 6.20 Å². The minimum absolute atomic E-state index is 0.00942. The summed E-state index contributed by atoms with van der Waals surface area (Å²) in [6.45, 7) is 0. The molecule has 1 aromatic rings. The Morgan fingerprint density at radius 2 is 2.54 bits per heavy atom. The lowest BCUT2D eigenvalue weighted by Crippen LogP contribution is -1.80. The smallest absolute Gasteiger partial charge is 0.257 e. The van der Waals surface area contributed by atoms with Crippen LogP contribution in [0.1, 0.15) is 11.4 Å². The maximum atomic E-state index is 10.3. The SMILES string of the molecule is O=[N+]([O-])c1cnc(C#CCCCl)s1. The lowest BCUT2D eigenvalue weighted by Gasteiger charge is -1.77. The highest BCUT2D eigenvalue weighted by atomic mass is 35.5. The average Bonchev–Trinajstić information content (AvgIpc) is 2.53. The van der Waals surface area contributed by atoms with E-state index in [1.165, 1.54) is 6.20 Å². The van der Waals surface area contributed by atoms with Gasteiger partial charge in [-0.25, -0.2) is 4.98 Å². The van der Waals surface area contributed by atoms with Crippen LogP contribution in [0.5, 0.6) is 0 Å². The van der Waals surface area contributed by atoms with E-state index < -0.39 is 4.92 Å². The van der Waals surface area contributed by atoms with Gasteiger partial charge in [-0.15, -0.1) is 11.6 Å². The third-order valence-electron chi connectivity index (χ3n) is 1.09. The van der Waals surface area contributed by atoms with Gasteiger partial charge in [-0.1, -0.05) is 5.92 Å². The molecule has 0 bridgehead atoms. The van der Waals surface area contributed by atoms with Crippen LogP contribution in [0.2, 0.25) is 0 Å². The van der Waals surface area contributed by atoms with Crippen molar-refractivity contribution in [1.29, 1.82) is 0 Å². The highest BCUT2D eigenvalue weighted by Gasteiger charge is 2.09. The van der Waals surface area contributed by atoms with E-state index in [0.717, 1.165) is 11.3 Å². The molecule has 1 heterocycles. The second kappa shape index (κ2) is 4.80. The zero-order chi connectivity index (χ0) is 9.68. The highest BCUT2D eigenvalue weighted by Crippen LogP contribution is 2.19. The van der Waals surface area contributed by atoms with E-state index in [2.05, 4.69) is 16.8 Å². The normalized spacial score (nSPS) is 9.00. The number of halogens is 1. The summed E-state index contributed by atoms with van der Waals surface area (Å²) >= 11 is 6.36. The molecule has 0 N–H and O–H groups in total. The third kappa shape index (κ3) is 3.01. The molecule has 0 saturated heterocycles. The van der Waals surface area contributed by atoms with Crippen molar-refractivity contribution in [3.8, 4) is 11.8 Å². The lowest BCUT2D eigenvalue weighted by atomic mass is 10.5. The van der Waals surface area contributed by atoms with E-state index in [1.54, 1.807) is 0 Å². The number of hydrogen-bond donors (Lipinski definition) is 0. The number of nitrogens with zero attached hydrogens (tertiary/aromatic N) is 2. The van der Waals surface area contributed by atoms with Gasteiger partial charge in [0.2, 0.25) is 0 Å². The predicted octanol–water partition coefficient (Wildman–Crippen LogP) is 2.03. The van der Waals surface area contributed by atoms with E-state index in [0.29, 0.717) is 17.3 Å². The van der Waals surface area contributed by atoms with E-state index in [9.17, 15) is 10.1 Å². The van der Waals surface area contributed by atoms with Gasteiger partial charge in [0.25, 0.3) is 0 Å². The largest absolute Gasteiger partial charge is 0.344 e. The summed E-state index contributed by atoms with van der Waals surface area (Å²) in [7, 11) is 0. The fraction of sp³-hybridized carbons (Fsp3) is 0.286. The monoisotopic (exact) mass is 216 g/mol. The molecule has 0 aliphatic carbocycles. The summed E-state index contributed by atoms with van der Waals surface area (Å²) in [5, 5.41) is 10.7. The average molecular weight is 217 g/mol. The molecule has 6 heteroatoms. The van der Waals surface area contributed by atoms with Crippen molar-refractivity contribution in [2.75, 3.05) is 5.88 Å². The van der Waals surface area contributed by atoms with Gasteiger partial charge in [0.15, 0.2) is 5.01 Å². The van der Waals surface area contributed by atoms with Crippen LogP contribution >= 0.6 is 22.9 Å². The molecule has 0 aromatic carbocycles. The van der Waals surface area contributed by atoms with Crippen molar-refractivity contribution in [2.45, 2.75) is 6.42 Å². The molecule has 1 rings (SSSR count). The van der Waals surface area contributed by atoms with E-state index in [1.807, 2.05) is 0 Å². The van der Waals surface area contributed by atoms with Crippen LogP contribution in [0.15, 0.2) is 6.20 Å². The first-order valence-electron chi connectivity index (χ1n) is 3.39. The number of alkyl halides is 1. The van der Waals surface area contributed by atoms with E-state index >= 15 is 0 Å². The Morgan fingerprint density at radius 1 is 1.77 bits per heavy atom. The second-order valence-electron chi connectivity index (χ2n) is 2.00. The number of hydrogen-bond acceptors (Lipinski definition) is 4. The Kier molecular flexibility index (Phi) is 3.68. The maximum absolute atomic E-state index is 10.3. The standard InChI is InChI=1S/C7H5ClN2O2S/c8-4-2-1-3-6-9-5-7(13-6)10(11)12/h5H,2,4H2. The van der Waals surface area contributed by atoms with Crippen LogP contribution in [0.4, 0.5) is 5.00 Å². The van der Waals surface area contributed by atoms with Crippen molar-refractivity contribution < 1.29 is 4.92 Å². The first-order valence-corrected chi connectivity index (χ1v) is 4.74. The minimum Gasteiger partial charge on any atom is -0.257 e. The quantitative estimate of drug-likeness (QED) is 0.329. The molecule has 68 valence electrons. The molecule has 4 nitrogen and oxygen atoms in total. The van der Waals surface area contributed by atoms with Crippen LogP contribution in [0, 0.1) is 22.0 Å². The van der Waals surface area contributed by atoms with Crippen molar-refractivity contribution in [3.63, 3.8) is 0 Å². The fourth-order valence-electron chi connectivity index (χ4n) is 0.593. The van der Waals surface area contributed by atoms with E-state index in [4.69, 9.17) is 11.6 Å². The molecule has 0 radical (unpaired) electrons. The summed E-state index contributed by atoms with van der Waals surface area (Å²) < 4.78 is 0. The molecule has 13 heavy (non-hydrogen) atoms. The molecular weight excluding hydrogens is 212 g/mol. The van der Waals surface area contributed by atoms with Crippen molar-refractivity contribution in [1.82, 2.24) is 4.98 Å². The van der Waals surface area contributed by atoms with Crippen molar-refractivity contribution >= 4 is 27.9 Å². The van der Waals surface area contributed by atoms with Gasteiger partial charge in [-0.3, -0.25) is 10.1 Å². The van der Waals surface area contributed by atoms with Crippen LogP contribution in [-0.2, 0) is 0 Å². The van der Waals surface area contributed by atoms with Gasteiger partial charge in [0, 0.05) is 12.3 Å². The molecule has 0 amide bonds. The summed E-state index contributed by atoms with van der Waals surface area (Å²) in [5.74, 6) is 5.90. The van der Waals surface area contributed by atoms with Gasteiger partial charge >= 0.3 is 5.00 Å². The van der Waals surface area contributed by atoms with E-state index in [-0.39, 0.29) is 5.00 Å². The number of nitro groups is 1. The number of rotatable bonds is 2. The molecule has 0 atom stereocenters. The third-order valence-corrected chi connectivity index (χ3v) is 2.14. The Morgan fingerprint density at radius 3 is 3.08 bits per heavy atom. The summed E-state index contributed by atoms with van der Waals surface area (Å²) in [4.78, 5) is 13.5. The first-order chi connectivity index (χ1) is 6.24. The van der Waals surface area contributed by atoms with Crippen LogP contribution in [-0.4, -0.2) is 15.8 Å². The Hall–Kier alpha value is -1.12. The fourth-order valence-corrected chi connectivity index (χ4v) is 1.29. The zero-order valence-electron chi connectivity index (χ0n) is 6.49. The van der Waals surface area contributed by atoms with Crippen LogP contribution in [0.3, 0.4) is 0 Å². The van der Waals surface area contributed by atoms with Gasteiger partial charge in [-0.05, 0) is 17.3 Å². The van der Waals surface area contributed by atoms with Crippen molar-refractivity contribution in [2.24, 2.45) is 0 Å². The molecule has 0 fully saturated rings. The second-order valence-corrected chi connectivity index (χ2v) is 3.39. The summed E-state index contributed by atoms with van der Waals surface area (Å²) in [6.07, 6.45) is 1.77. The highest BCUT2D eigenvalue weighted by molar-refractivity contribution is 7.15. The Balaban J connectivity index is 2.71. The summed E-state index contributed by atoms with van der Waals surface area (Å²) in [6, 6.07) is 0. The van der Waals surface area contributed by atoms with Gasteiger partial charge in [0.05, 0.1) is 4.92 Å². The number of thiazole rings is 1. The molecule has 0 aliphatic heterocycles. The molecular formula is C7H5ClN2O2S. The van der Waals surface area contributed by atoms with Crippen LogP contribution in [0.25, 0.3) is 0 Å². The first kappa shape index (κ1) is 9.96.